The van der Waals surface area contributed by atoms with Gasteiger partial charge in [0, 0.05) is 24.7 Å². The van der Waals surface area contributed by atoms with Gasteiger partial charge in [0.15, 0.2) is 0 Å². The highest BCUT2D eigenvalue weighted by Gasteiger charge is 2.15. The zero-order chi connectivity index (χ0) is 22.4. The molecule has 3 aromatic rings. The van der Waals surface area contributed by atoms with E-state index in [-0.39, 0.29) is 0 Å². The molecule has 0 aliphatic carbocycles. The van der Waals surface area contributed by atoms with Crippen molar-refractivity contribution in [2.45, 2.75) is 40.0 Å². The minimum Gasteiger partial charge on any atom is -0.365 e. The van der Waals surface area contributed by atoms with E-state index in [0.717, 1.165) is 34.4 Å². The van der Waals surface area contributed by atoms with Gasteiger partial charge in [-0.25, -0.2) is 9.97 Å². The van der Waals surface area contributed by atoms with Gasteiger partial charge < -0.3 is 5.32 Å². The molecule has 1 heterocycles. The second-order valence-electron chi connectivity index (χ2n) is 8.07. The number of hydrogen-bond acceptors (Lipinski definition) is 4. The predicted molar refractivity (Wildman–Crippen MR) is 134 cm³/mol. The predicted octanol–water partition coefficient (Wildman–Crippen LogP) is 6.73. The summed E-state index contributed by atoms with van der Waals surface area (Å²) in [5.41, 5.74) is 7.85. The number of aryl methyl sites for hydroxylation is 1. The monoisotopic (exact) mass is 412 g/mol. The minimum absolute atomic E-state index is 0.407. The Kier molecular flexibility index (Phi) is 7.35. The molecule has 0 bridgehead atoms. The van der Waals surface area contributed by atoms with Crippen LogP contribution in [0.2, 0.25) is 0 Å². The van der Waals surface area contributed by atoms with Crippen LogP contribution in [0.25, 0.3) is 22.0 Å². The average molecular weight is 413 g/mol. The zero-order valence-electron chi connectivity index (χ0n) is 19.2. The molecule has 0 saturated heterocycles. The smallest absolute Gasteiger partial charge is 0.137 e. The molecule has 1 unspecified atom stereocenters. The van der Waals surface area contributed by atoms with E-state index < -0.39 is 0 Å². The third kappa shape index (κ3) is 5.46. The lowest BCUT2D eigenvalue weighted by atomic mass is 9.91. The number of anilines is 1. The van der Waals surface area contributed by atoms with Crippen molar-refractivity contribution >= 4 is 22.4 Å². The molecule has 31 heavy (non-hydrogen) atoms. The number of benzene rings is 2. The first kappa shape index (κ1) is 22.4. The average Bonchev–Trinajstić information content (AvgIpc) is 2.80. The van der Waals surface area contributed by atoms with Crippen molar-refractivity contribution in [3.05, 3.63) is 78.2 Å². The normalized spacial score (nSPS) is 13.0. The molecule has 0 amide bonds. The van der Waals surface area contributed by atoms with E-state index >= 15 is 0 Å². The Morgan fingerprint density at radius 2 is 1.87 bits per heavy atom. The molecule has 0 saturated carbocycles. The molecular formula is C27H32N4. The molecule has 0 aliphatic heterocycles. The minimum atomic E-state index is 0.407. The number of allylic oxidation sites excluding steroid dienone is 1. The number of aliphatic imine (C=N–C) groups is 1. The van der Waals surface area contributed by atoms with Crippen LogP contribution in [0.5, 0.6) is 0 Å². The van der Waals surface area contributed by atoms with Crippen LogP contribution in [-0.2, 0) is 0 Å². The quantitative estimate of drug-likeness (QED) is 0.329. The van der Waals surface area contributed by atoms with Gasteiger partial charge in [0.05, 0.1) is 5.52 Å². The summed E-state index contributed by atoms with van der Waals surface area (Å²) in [6.07, 6.45) is 6.66. The van der Waals surface area contributed by atoms with Crippen molar-refractivity contribution in [1.82, 2.24) is 9.97 Å². The maximum absolute atomic E-state index is 4.65. The van der Waals surface area contributed by atoms with E-state index in [1.165, 1.54) is 22.3 Å². The molecule has 2 aromatic carbocycles. The van der Waals surface area contributed by atoms with Crippen molar-refractivity contribution in [1.29, 1.82) is 0 Å². The van der Waals surface area contributed by atoms with Gasteiger partial charge in [-0.3, -0.25) is 4.99 Å². The molecule has 0 spiro atoms. The zero-order valence-corrected chi connectivity index (χ0v) is 19.2. The Morgan fingerprint density at radius 1 is 1.13 bits per heavy atom. The highest BCUT2D eigenvalue weighted by molar-refractivity contribution is 5.95. The number of nitrogens with zero attached hydrogens (tertiary/aromatic N) is 3. The number of fused-ring (bicyclic) bond motifs is 1. The highest BCUT2D eigenvalue weighted by atomic mass is 15.0. The summed E-state index contributed by atoms with van der Waals surface area (Å²) >= 11 is 0. The van der Waals surface area contributed by atoms with Crippen molar-refractivity contribution in [3.63, 3.8) is 0 Å². The highest BCUT2D eigenvalue weighted by Crippen LogP contribution is 2.34. The Bertz CT molecular complexity index is 1120. The number of rotatable bonds is 8. The van der Waals surface area contributed by atoms with Crippen LogP contribution < -0.4 is 5.32 Å². The summed E-state index contributed by atoms with van der Waals surface area (Å²) in [6, 6.07) is 13.1. The van der Waals surface area contributed by atoms with E-state index in [0.29, 0.717) is 12.5 Å². The molecule has 0 radical (unpaired) electrons. The second-order valence-corrected chi connectivity index (χ2v) is 8.07. The lowest BCUT2D eigenvalue weighted by Crippen LogP contribution is -2.07. The first-order chi connectivity index (χ1) is 14.9. The van der Waals surface area contributed by atoms with E-state index in [2.05, 4.69) is 84.0 Å². The number of hydrogen-bond donors (Lipinski definition) is 1. The van der Waals surface area contributed by atoms with Crippen molar-refractivity contribution in [2.75, 3.05) is 18.9 Å². The van der Waals surface area contributed by atoms with Crippen LogP contribution >= 0.6 is 0 Å². The van der Waals surface area contributed by atoms with E-state index in [4.69, 9.17) is 0 Å². The summed E-state index contributed by atoms with van der Waals surface area (Å²) in [7, 11) is 1.79. The van der Waals surface area contributed by atoms with Gasteiger partial charge in [-0.15, -0.1) is 0 Å². The number of nitrogens with one attached hydrogen (secondary N) is 1. The molecule has 1 N–H and O–H groups in total. The second kappa shape index (κ2) is 10.2. The fourth-order valence-electron chi connectivity index (χ4n) is 3.41. The summed E-state index contributed by atoms with van der Waals surface area (Å²) in [5, 5.41) is 4.50. The lowest BCUT2D eigenvalue weighted by molar-refractivity contribution is 0.738. The van der Waals surface area contributed by atoms with Gasteiger partial charge >= 0.3 is 0 Å². The van der Waals surface area contributed by atoms with Gasteiger partial charge in [-0.2, -0.15) is 0 Å². The van der Waals surface area contributed by atoms with Crippen molar-refractivity contribution < 1.29 is 0 Å². The van der Waals surface area contributed by atoms with Crippen molar-refractivity contribution in [2.24, 2.45) is 4.99 Å². The Balaban J connectivity index is 2.02. The van der Waals surface area contributed by atoms with Gasteiger partial charge in [0.2, 0.25) is 0 Å². The SMILES string of the molecule is C=C(/C=C\C(C)=NC)CNc1ncnc2c(C(C)CC)cc(-c3ccc(C)cc3)cc12. The molecule has 1 aromatic heterocycles. The van der Waals surface area contributed by atoms with Crippen molar-refractivity contribution in [3.8, 4) is 11.1 Å². The largest absolute Gasteiger partial charge is 0.365 e. The summed E-state index contributed by atoms with van der Waals surface area (Å²) in [4.78, 5) is 13.4. The fraction of sp³-hybridized carbons (Fsp3) is 0.296. The van der Waals surface area contributed by atoms with Crippen LogP contribution in [0.15, 0.2) is 72.0 Å². The van der Waals surface area contributed by atoms with Gasteiger partial charge in [-0.05, 0) is 66.7 Å². The van der Waals surface area contributed by atoms with E-state index in [1.807, 2.05) is 19.1 Å². The topological polar surface area (TPSA) is 50.2 Å². The van der Waals surface area contributed by atoms with Gasteiger partial charge in [0.25, 0.3) is 0 Å². The first-order valence-corrected chi connectivity index (χ1v) is 10.8. The van der Waals surface area contributed by atoms with Gasteiger partial charge in [-0.1, -0.05) is 56.3 Å². The molecule has 0 aliphatic rings. The molecular weight excluding hydrogens is 380 g/mol. The van der Waals surface area contributed by atoms with Crippen LogP contribution in [0.1, 0.15) is 44.2 Å². The summed E-state index contributed by atoms with van der Waals surface area (Å²) in [5.74, 6) is 1.24. The molecule has 0 fully saturated rings. The van der Waals surface area contributed by atoms with E-state index in [1.54, 1.807) is 13.4 Å². The molecule has 1 atom stereocenters. The third-order valence-electron chi connectivity index (χ3n) is 5.69. The maximum Gasteiger partial charge on any atom is 0.137 e. The first-order valence-electron chi connectivity index (χ1n) is 10.8. The Morgan fingerprint density at radius 3 is 2.55 bits per heavy atom. The Labute approximate surface area is 185 Å². The lowest BCUT2D eigenvalue weighted by Gasteiger charge is -2.17. The third-order valence-corrected chi connectivity index (χ3v) is 5.69. The molecule has 160 valence electrons. The fourth-order valence-corrected chi connectivity index (χ4v) is 3.41. The number of aromatic nitrogens is 2. The molecule has 3 rings (SSSR count). The van der Waals surface area contributed by atoms with Crippen LogP contribution in [0, 0.1) is 6.92 Å². The summed E-state index contributed by atoms with van der Waals surface area (Å²) < 4.78 is 0. The Hall–Kier alpha value is -3.27. The van der Waals surface area contributed by atoms with E-state index in [9.17, 15) is 0 Å². The summed E-state index contributed by atoms with van der Waals surface area (Å²) in [6.45, 7) is 13.3. The molecule has 4 heteroatoms. The standard InChI is InChI=1S/C27H32N4/c1-7-20(4)24-14-23(22-12-9-18(2)10-13-22)15-25-26(24)30-17-31-27(25)29-16-19(3)8-11-21(5)28-6/h8-15,17,20H,3,7,16H2,1-2,4-6H3,(H,29,30,31)/b11-8-,28-21?. The van der Waals surface area contributed by atoms with Crippen LogP contribution in [0.3, 0.4) is 0 Å². The van der Waals surface area contributed by atoms with Gasteiger partial charge in [0.1, 0.15) is 12.1 Å². The van der Waals surface area contributed by atoms with Crippen LogP contribution in [-0.4, -0.2) is 29.3 Å². The maximum atomic E-state index is 4.65. The van der Waals surface area contributed by atoms with Crippen LogP contribution in [0.4, 0.5) is 5.82 Å². The molecule has 4 nitrogen and oxygen atoms in total.